The summed E-state index contributed by atoms with van der Waals surface area (Å²) >= 11 is 0. The zero-order valence-electron chi connectivity index (χ0n) is 22.1. The van der Waals surface area contributed by atoms with Gasteiger partial charge in [0, 0.05) is 50.2 Å². The standard InChI is InChI=1S/C27H37NO2.C3H6N.W/c1-18-24(29)16-23(28(18)17-19-8-6-5-7-9-19)20-14-21(26(2,3)4)25-22(15-20)27(10-11-27)12-13-30-25;4-3-1-2-3;/h14-16,19,29H,5-13,17H2,1-4H3;3-4H,1-2H2;/q;-1;. The first kappa shape index (κ1) is 26.8. The molecular weight excluding hydrogens is 604 g/mol. The summed E-state index contributed by atoms with van der Waals surface area (Å²) in [5.41, 5.74) is 13.2. The van der Waals surface area contributed by atoms with Crippen molar-refractivity contribution >= 4 is 0 Å². The molecule has 1 aromatic carbocycles. The van der Waals surface area contributed by atoms with Gasteiger partial charge in [-0.05, 0) is 68.1 Å². The molecule has 3 fully saturated rings. The summed E-state index contributed by atoms with van der Waals surface area (Å²) in [7, 11) is 0. The fourth-order valence-electron chi connectivity index (χ4n) is 5.85. The zero-order valence-corrected chi connectivity index (χ0v) is 25.0. The van der Waals surface area contributed by atoms with Crippen molar-refractivity contribution in [3.05, 3.63) is 40.8 Å². The van der Waals surface area contributed by atoms with Crippen LogP contribution < -0.4 is 4.74 Å². The quantitative estimate of drug-likeness (QED) is 0.367. The number of aromatic nitrogens is 1. The van der Waals surface area contributed by atoms with Gasteiger partial charge >= 0.3 is 0 Å². The molecular formula is C30H43N2O2W-. The van der Waals surface area contributed by atoms with Crippen LogP contribution in [0.5, 0.6) is 11.5 Å². The minimum absolute atomic E-state index is 0. The maximum absolute atomic E-state index is 10.6. The first-order valence-corrected chi connectivity index (χ1v) is 13.6. The molecule has 0 atom stereocenters. The molecule has 2 aromatic rings. The second-order valence-corrected chi connectivity index (χ2v) is 12.4. The van der Waals surface area contributed by atoms with Gasteiger partial charge < -0.3 is 20.1 Å². The van der Waals surface area contributed by atoms with Gasteiger partial charge in [0.2, 0.25) is 0 Å². The van der Waals surface area contributed by atoms with Crippen LogP contribution in [0.3, 0.4) is 0 Å². The molecule has 1 aliphatic heterocycles. The molecule has 5 heteroatoms. The van der Waals surface area contributed by atoms with Crippen LogP contribution in [0.1, 0.15) is 102 Å². The van der Waals surface area contributed by atoms with Crippen molar-refractivity contribution in [2.24, 2.45) is 5.92 Å². The van der Waals surface area contributed by atoms with Crippen molar-refractivity contribution in [2.45, 2.75) is 115 Å². The molecule has 3 saturated carbocycles. The Bertz CT molecular complexity index is 1020. The number of hydrogen-bond donors (Lipinski definition) is 1. The van der Waals surface area contributed by atoms with E-state index in [1.807, 2.05) is 6.07 Å². The maximum atomic E-state index is 10.6. The number of fused-ring (bicyclic) bond motifs is 2. The van der Waals surface area contributed by atoms with Crippen molar-refractivity contribution in [1.29, 1.82) is 0 Å². The van der Waals surface area contributed by atoms with E-state index in [9.17, 15) is 5.11 Å². The molecule has 0 radical (unpaired) electrons. The van der Waals surface area contributed by atoms with Gasteiger partial charge in [-0.15, -0.1) is 6.04 Å². The predicted molar refractivity (Wildman–Crippen MR) is 140 cm³/mol. The normalized spacial score (nSPS) is 20.8. The Labute approximate surface area is 226 Å². The van der Waals surface area contributed by atoms with Gasteiger partial charge in [0.25, 0.3) is 0 Å². The fraction of sp³-hybridized carbons (Fsp3) is 0.667. The molecule has 2 N–H and O–H groups in total. The van der Waals surface area contributed by atoms with Crippen LogP contribution in [0.4, 0.5) is 0 Å². The average molecular weight is 648 g/mol. The summed E-state index contributed by atoms with van der Waals surface area (Å²) < 4.78 is 8.66. The van der Waals surface area contributed by atoms with Gasteiger partial charge in [-0.25, -0.2) is 0 Å². The smallest absolute Gasteiger partial charge is 0.136 e. The number of ether oxygens (including phenoxy) is 1. The first-order valence-electron chi connectivity index (χ1n) is 13.6. The van der Waals surface area contributed by atoms with Crippen LogP contribution in [0.15, 0.2) is 18.2 Å². The van der Waals surface area contributed by atoms with Gasteiger partial charge in [0.05, 0.1) is 18.0 Å². The fourth-order valence-corrected chi connectivity index (χ4v) is 5.85. The summed E-state index contributed by atoms with van der Waals surface area (Å²) in [6, 6.07) is 7.06. The van der Waals surface area contributed by atoms with Gasteiger partial charge in [0.1, 0.15) is 11.5 Å². The van der Waals surface area contributed by atoms with E-state index in [2.05, 4.69) is 44.4 Å². The second-order valence-electron chi connectivity index (χ2n) is 12.4. The van der Waals surface area contributed by atoms with E-state index >= 15 is 0 Å². The molecule has 3 aliphatic carbocycles. The van der Waals surface area contributed by atoms with Crippen molar-refractivity contribution < 1.29 is 30.9 Å². The second kappa shape index (κ2) is 10.3. The number of aromatic hydroxyl groups is 1. The first-order chi connectivity index (χ1) is 16.2. The van der Waals surface area contributed by atoms with Crippen LogP contribution in [0, 0.1) is 12.8 Å². The Morgan fingerprint density at radius 1 is 1.03 bits per heavy atom. The molecule has 0 amide bonds. The van der Waals surface area contributed by atoms with Crippen LogP contribution >= 0.6 is 0 Å². The largest absolute Gasteiger partial charge is 0.675 e. The van der Waals surface area contributed by atoms with Gasteiger partial charge in [0.15, 0.2) is 0 Å². The van der Waals surface area contributed by atoms with E-state index in [1.54, 1.807) is 0 Å². The van der Waals surface area contributed by atoms with Crippen LogP contribution in [-0.4, -0.2) is 22.3 Å². The van der Waals surface area contributed by atoms with Crippen LogP contribution in [0.25, 0.3) is 17.0 Å². The molecule has 1 aromatic heterocycles. The van der Waals surface area contributed by atoms with E-state index in [4.69, 9.17) is 10.5 Å². The molecule has 6 rings (SSSR count). The molecule has 192 valence electrons. The zero-order chi connectivity index (χ0) is 24.1. The molecule has 4 nitrogen and oxygen atoms in total. The van der Waals surface area contributed by atoms with Crippen LogP contribution in [0.2, 0.25) is 0 Å². The number of nitrogens with zero attached hydrogens (tertiary/aromatic N) is 1. The van der Waals surface area contributed by atoms with Crippen LogP contribution in [-0.2, 0) is 38.4 Å². The number of rotatable bonds is 3. The maximum Gasteiger partial charge on any atom is 0.136 e. The number of benzene rings is 1. The summed E-state index contributed by atoms with van der Waals surface area (Å²) in [6.07, 6.45) is 12.7. The summed E-state index contributed by atoms with van der Waals surface area (Å²) in [4.78, 5) is 0. The van der Waals surface area contributed by atoms with Crippen molar-refractivity contribution in [3.8, 4) is 22.8 Å². The summed E-state index contributed by atoms with van der Waals surface area (Å²) in [5.74, 6) is 2.29. The Kier molecular flexibility index (Phi) is 7.85. The SMILES string of the molecule is Cc1c(O)cc(-c2cc(C(C)(C)C)c3c(c2)C2(CCO3)CC2)n1CC1CCCCC1.[NH-]C1CC1.[W]. The molecule has 0 saturated heterocycles. The third-order valence-corrected chi connectivity index (χ3v) is 8.53. The van der Waals surface area contributed by atoms with Crippen molar-refractivity contribution in [2.75, 3.05) is 6.61 Å². The van der Waals surface area contributed by atoms with E-state index in [-0.39, 0.29) is 26.5 Å². The number of hydrogen-bond acceptors (Lipinski definition) is 2. The van der Waals surface area contributed by atoms with Gasteiger partial charge in [-0.1, -0.05) is 52.9 Å². The van der Waals surface area contributed by atoms with E-state index < -0.39 is 0 Å². The summed E-state index contributed by atoms with van der Waals surface area (Å²) in [5, 5.41) is 10.6. The average Bonchev–Trinajstić information content (AvgIpc) is 3.74. The summed E-state index contributed by atoms with van der Waals surface area (Å²) in [6.45, 7) is 10.8. The topological polar surface area (TPSA) is 58.2 Å². The third-order valence-electron chi connectivity index (χ3n) is 8.53. The molecule has 35 heavy (non-hydrogen) atoms. The van der Waals surface area contributed by atoms with E-state index in [1.165, 1.54) is 67.3 Å². The Morgan fingerprint density at radius 3 is 2.26 bits per heavy atom. The number of nitrogens with one attached hydrogen (secondary N) is 1. The predicted octanol–water partition coefficient (Wildman–Crippen LogP) is 8.06. The Hall–Kier alpha value is -1.25. The molecule has 0 bridgehead atoms. The molecule has 2 heterocycles. The third kappa shape index (κ3) is 5.69. The minimum atomic E-state index is 0. The Morgan fingerprint density at radius 2 is 1.69 bits per heavy atom. The van der Waals surface area contributed by atoms with E-state index in [0.717, 1.165) is 49.8 Å². The monoisotopic (exact) mass is 647 g/mol. The van der Waals surface area contributed by atoms with Gasteiger partial charge in [-0.2, -0.15) is 0 Å². The minimum Gasteiger partial charge on any atom is -0.675 e. The van der Waals surface area contributed by atoms with Crippen molar-refractivity contribution in [1.82, 2.24) is 4.57 Å². The van der Waals surface area contributed by atoms with Gasteiger partial charge in [-0.3, -0.25) is 0 Å². The van der Waals surface area contributed by atoms with Crippen molar-refractivity contribution in [3.63, 3.8) is 0 Å². The molecule has 0 unspecified atom stereocenters. The molecule has 1 spiro atoms. The van der Waals surface area contributed by atoms with E-state index in [0.29, 0.717) is 17.2 Å². The Balaban J connectivity index is 0.000000527. The molecule has 4 aliphatic rings.